The molecule has 5 nitrogen and oxygen atoms in total. The van der Waals surface area contributed by atoms with E-state index < -0.39 is 23.1 Å². The minimum absolute atomic E-state index is 0.0692. The first kappa shape index (κ1) is 26.0. The van der Waals surface area contributed by atoms with E-state index in [2.05, 4.69) is 24.9 Å². The van der Waals surface area contributed by atoms with Crippen LogP contribution < -0.4 is 0 Å². The Balaban J connectivity index is 1.57. The third-order valence-electron chi connectivity index (χ3n) is 6.26. The van der Waals surface area contributed by atoms with Crippen LogP contribution in [0.15, 0.2) is 72.9 Å². The fraction of sp³-hybridized carbons (Fsp3) is 0.0690. The molecule has 0 saturated carbocycles. The van der Waals surface area contributed by atoms with Gasteiger partial charge in [0.25, 0.3) is 0 Å². The highest BCUT2D eigenvalue weighted by atomic mass is 35.5. The van der Waals surface area contributed by atoms with Gasteiger partial charge in [-0.15, -0.1) is 0 Å². The van der Waals surface area contributed by atoms with Gasteiger partial charge in [0.05, 0.1) is 38.4 Å². The van der Waals surface area contributed by atoms with E-state index >= 15 is 4.39 Å². The van der Waals surface area contributed by atoms with Crippen LogP contribution in [0.3, 0.4) is 0 Å². The Hall–Kier alpha value is -4.21. The standard InChI is InChI=1S/C29H15Cl2F4N5/c1-14-4-2-6-23(37-14)25-13-21(31)17-7-8-22(38-28(17)40-25)18-10-15(29(33,34)35)11-19(26(18)32)24-12-20(30)16-5-3-9-36-27(16)39-24/h2-13H,1H3. The van der Waals surface area contributed by atoms with Crippen molar-refractivity contribution in [1.82, 2.24) is 24.9 Å². The van der Waals surface area contributed by atoms with Gasteiger partial charge in [0, 0.05) is 33.8 Å². The van der Waals surface area contributed by atoms with Crippen LogP contribution >= 0.6 is 23.2 Å². The van der Waals surface area contributed by atoms with E-state index in [1.54, 1.807) is 24.3 Å². The number of rotatable bonds is 3. The summed E-state index contributed by atoms with van der Waals surface area (Å²) in [7, 11) is 0. The average molecular weight is 580 g/mol. The fourth-order valence-corrected chi connectivity index (χ4v) is 4.85. The first-order valence-electron chi connectivity index (χ1n) is 11.8. The third-order valence-corrected chi connectivity index (χ3v) is 6.88. The Labute approximate surface area is 234 Å². The minimum Gasteiger partial charge on any atom is -0.251 e. The molecule has 0 spiro atoms. The van der Waals surface area contributed by atoms with Gasteiger partial charge in [0.1, 0.15) is 5.82 Å². The van der Waals surface area contributed by atoms with Crippen LogP contribution in [0.4, 0.5) is 17.6 Å². The second kappa shape index (κ2) is 9.76. The lowest BCUT2D eigenvalue weighted by Gasteiger charge is -2.15. The van der Waals surface area contributed by atoms with Gasteiger partial charge in [0.2, 0.25) is 0 Å². The van der Waals surface area contributed by atoms with Crippen LogP contribution in [0, 0.1) is 12.7 Å². The summed E-state index contributed by atoms with van der Waals surface area (Å²) in [6.07, 6.45) is -3.32. The first-order valence-corrected chi connectivity index (χ1v) is 12.6. The molecule has 11 heteroatoms. The van der Waals surface area contributed by atoms with Gasteiger partial charge in [0.15, 0.2) is 11.3 Å². The Bertz CT molecular complexity index is 1960. The van der Waals surface area contributed by atoms with Gasteiger partial charge in [-0.1, -0.05) is 29.3 Å². The second-order valence-electron chi connectivity index (χ2n) is 8.97. The minimum atomic E-state index is -4.78. The van der Waals surface area contributed by atoms with Gasteiger partial charge in [-0.25, -0.2) is 24.3 Å². The Morgan fingerprint density at radius 1 is 0.650 bits per heavy atom. The number of aromatic nitrogens is 5. The second-order valence-corrected chi connectivity index (χ2v) is 9.78. The van der Waals surface area contributed by atoms with Crippen molar-refractivity contribution in [3.8, 4) is 33.9 Å². The van der Waals surface area contributed by atoms with Crippen molar-refractivity contribution in [3.05, 3.63) is 100 Å². The Kier molecular flexibility index (Phi) is 6.35. The van der Waals surface area contributed by atoms with Gasteiger partial charge in [-0.2, -0.15) is 13.2 Å². The molecule has 5 aromatic heterocycles. The highest BCUT2D eigenvalue weighted by Crippen LogP contribution is 2.39. The van der Waals surface area contributed by atoms with Gasteiger partial charge in [-0.05, 0) is 67.6 Å². The number of halogens is 6. The molecule has 6 aromatic rings. The molecule has 5 heterocycles. The highest BCUT2D eigenvalue weighted by Gasteiger charge is 2.33. The molecule has 0 saturated heterocycles. The number of pyridine rings is 5. The van der Waals surface area contributed by atoms with E-state index in [1.165, 1.54) is 24.4 Å². The van der Waals surface area contributed by atoms with Gasteiger partial charge < -0.3 is 0 Å². The predicted octanol–water partition coefficient (Wildman–Crippen LogP) is 8.74. The van der Waals surface area contributed by atoms with E-state index in [-0.39, 0.29) is 33.3 Å². The van der Waals surface area contributed by atoms with Crippen molar-refractivity contribution in [2.75, 3.05) is 0 Å². The summed E-state index contributed by atoms with van der Waals surface area (Å²) in [5.74, 6) is -0.957. The summed E-state index contributed by atoms with van der Waals surface area (Å²) in [6.45, 7) is 1.82. The maximum atomic E-state index is 16.0. The lowest BCUT2D eigenvalue weighted by atomic mass is 9.98. The number of fused-ring (bicyclic) bond motifs is 2. The van der Waals surface area contributed by atoms with E-state index in [0.29, 0.717) is 39.3 Å². The molecular weight excluding hydrogens is 565 g/mol. The zero-order chi connectivity index (χ0) is 28.2. The molecule has 1 aromatic carbocycles. The molecule has 0 radical (unpaired) electrons. The van der Waals surface area contributed by atoms with Crippen LogP contribution in [-0.4, -0.2) is 24.9 Å². The van der Waals surface area contributed by atoms with Crippen molar-refractivity contribution in [3.63, 3.8) is 0 Å². The van der Waals surface area contributed by atoms with E-state index in [9.17, 15) is 13.2 Å². The van der Waals surface area contributed by atoms with Crippen molar-refractivity contribution in [2.24, 2.45) is 0 Å². The summed E-state index contributed by atoms with van der Waals surface area (Å²) in [6, 6.07) is 16.0. The zero-order valence-corrected chi connectivity index (χ0v) is 21.9. The molecule has 0 unspecified atom stereocenters. The molecule has 0 atom stereocenters. The summed E-state index contributed by atoms with van der Waals surface area (Å²) in [4.78, 5) is 21.8. The smallest absolute Gasteiger partial charge is 0.251 e. The largest absolute Gasteiger partial charge is 0.416 e. The number of aryl methyl sites for hydroxylation is 1. The van der Waals surface area contributed by atoms with Gasteiger partial charge in [-0.3, -0.25) is 4.98 Å². The molecule has 0 aliphatic rings. The number of hydrogen-bond acceptors (Lipinski definition) is 5. The van der Waals surface area contributed by atoms with E-state index in [1.807, 2.05) is 19.1 Å². The van der Waals surface area contributed by atoms with E-state index in [4.69, 9.17) is 23.2 Å². The third kappa shape index (κ3) is 4.71. The summed E-state index contributed by atoms with van der Waals surface area (Å²) in [5.41, 5.74) is -0.0308. The van der Waals surface area contributed by atoms with Crippen molar-refractivity contribution < 1.29 is 17.6 Å². The maximum absolute atomic E-state index is 16.0. The molecule has 0 bridgehead atoms. The van der Waals surface area contributed by atoms with Crippen molar-refractivity contribution in [1.29, 1.82) is 0 Å². The number of hydrogen-bond donors (Lipinski definition) is 0. The predicted molar refractivity (Wildman–Crippen MR) is 146 cm³/mol. The van der Waals surface area contributed by atoms with E-state index in [0.717, 1.165) is 5.69 Å². The molecule has 0 aliphatic carbocycles. The normalized spacial score (nSPS) is 11.9. The topological polar surface area (TPSA) is 64.5 Å². The highest BCUT2D eigenvalue weighted by molar-refractivity contribution is 6.36. The summed E-state index contributed by atoms with van der Waals surface area (Å²) in [5, 5.41) is 1.42. The summed E-state index contributed by atoms with van der Waals surface area (Å²) >= 11 is 12.8. The molecule has 0 fully saturated rings. The Morgan fingerprint density at radius 2 is 1.30 bits per heavy atom. The van der Waals surface area contributed by atoms with Crippen molar-refractivity contribution >= 4 is 45.3 Å². The lowest BCUT2D eigenvalue weighted by Crippen LogP contribution is -2.07. The summed E-state index contributed by atoms with van der Waals surface area (Å²) < 4.78 is 58.0. The molecule has 0 N–H and O–H groups in total. The van der Waals surface area contributed by atoms with Crippen LogP contribution in [0.25, 0.3) is 56.0 Å². The SMILES string of the molecule is Cc1cccc(-c2cc(Cl)c3ccc(-c4cc(C(F)(F)F)cc(-c5cc(Cl)c6cccnc6n5)c4F)nc3n2)n1. The molecule has 6 rings (SSSR count). The molecule has 40 heavy (non-hydrogen) atoms. The average Bonchev–Trinajstić information content (AvgIpc) is 2.92. The fourth-order valence-electron chi connectivity index (χ4n) is 4.35. The van der Waals surface area contributed by atoms with Crippen LogP contribution in [-0.2, 0) is 6.18 Å². The first-order chi connectivity index (χ1) is 19.1. The zero-order valence-electron chi connectivity index (χ0n) is 20.4. The lowest BCUT2D eigenvalue weighted by molar-refractivity contribution is -0.137. The number of benzene rings is 1. The molecule has 0 aliphatic heterocycles. The van der Waals surface area contributed by atoms with Crippen molar-refractivity contribution in [2.45, 2.75) is 13.1 Å². The maximum Gasteiger partial charge on any atom is 0.416 e. The van der Waals surface area contributed by atoms with Crippen LogP contribution in [0.1, 0.15) is 11.3 Å². The monoisotopic (exact) mass is 579 g/mol. The number of nitrogens with zero attached hydrogens (tertiary/aromatic N) is 5. The van der Waals surface area contributed by atoms with Crippen LogP contribution in [0.2, 0.25) is 10.0 Å². The number of alkyl halides is 3. The molecule has 198 valence electrons. The Morgan fingerprint density at radius 3 is 2.02 bits per heavy atom. The quantitative estimate of drug-likeness (QED) is 0.196. The molecular formula is C29H15Cl2F4N5. The molecule has 0 amide bonds. The van der Waals surface area contributed by atoms with Crippen LogP contribution in [0.5, 0.6) is 0 Å². The van der Waals surface area contributed by atoms with Gasteiger partial charge >= 0.3 is 6.18 Å².